The van der Waals surface area contributed by atoms with Gasteiger partial charge in [-0.15, -0.1) is 0 Å². The van der Waals surface area contributed by atoms with Crippen LogP contribution in [0.15, 0.2) is 60.3 Å². The van der Waals surface area contributed by atoms with Gasteiger partial charge in [0.05, 0.1) is 0 Å². The molecule has 0 aliphatic carbocycles. The van der Waals surface area contributed by atoms with Crippen molar-refractivity contribution in [1.29, 1.82) is 0 Å². The maximum Gasteiger partial charge on any atom is 0.142 e. The molecule has 0 saturated heterocycles. The minimum atomic E-state index is -0.285. The van der Waals surface area contributed by atoms with Crippen LogP contribution in [0, 0.1) is 5.82 Å². The van der Waals surface area contributed by atoms with Crippen LogP contribution in [0.4, 0.5) is 4.39 Å². The van der Waals surface area contributed by atoms with Crippen molar-refractivity contribution in [2.24, 2.45) is 5.16 Å². The smallest absolute Gasteiger partial charge is 0.142 e. The van der Waals surface area contributed by atoms with Crippen LogP contribution in [0.2, 0.25) is 0 Å². The number of rotatable bonds is 5. The Labute approximate surface area is 111 Å². The number of benzene rings is 2. The van der Waals surface area contributed by atoms with Crippen molar-refractivity contribution in [2.75, 3.05) is 0 Å². The molecule has 0 spiro atoms. The van der Waals surface area contributed by atoms with E-state index in [1.165, 1.54) is 12.1 Å². The van der Waals surface area contributed by atoms with Crippen LogP contribution >= 0.6 is 0 Å². The fourth-order valence-electron chi connectivity index (χ4n) is 1.53. The molecule has 2 rings (SSSR count). The zero-order valence-electron chi connectivity index (χ0n) is 10.3. The van der Waals surface area contributed by atoms with Crippen molar-refractivity contribution >= 4 is 12.3 Å². The molecule has 19 heavy (non-hydrogen) atoms. The second kappa shape index (κ2) is 6.50. The number of halogens is 1. The van der Waals surface area contributed by atoms with E-state index in [0.29, 0.717) is 12.2 Å². The van der Waals surface area contributed by atoms with Crippen LogP contribution in [-0.4, -0.2) is 6.21 Å². The predicted octanol–water partition coefficient (Wildman–Crippen LogP) is 3.90. The van der Waals surface area contributed by atoms with Crippen LogP contribution in [0.3, 0.4) is 0 Å². The average Bonchev–Trinajstić information content (AvgIpc) is 2.46. The van der Waals surface area contributed by atoms with E-state index < -0.39 is 0 Å². The summed E-state index contributed by atoms with van der Waals surface area (Å²) in [5, 5.41) is 3.72. The SMILES string of the molecule is C=Cc1cccc(CO/N=[C]\c2ccc(F)cc2)c1. The zero-order valence-corrected chi connectivity index (χ0v) is 10.3. The summed E-state index contributed by atoms with van der Waals surface area (Å²) in [7, 11) is 0. The number of hydrogen-bond acceptors (Lipinski definition) is 2. The van der Waals surface area contributed by atoms with Gasteiger partial charge in [-0.25, -0.2) is 4.39 Å². The fourth-order valence-corrected chi connectivity index (χ4v) is 1.53. The average molecular weight is 254 g/mol. The summed E-state index contributed by atoms with van der Waals surface area (Å²) in [6, 6.07) is 13.7. The first-order valence-corrected chi connectivity index (χ1v) is 5.83. The Bertz CT molecular complexity index is 576. The highest BCUT2D eigenvalue weighted by atomic mass is 19.1. The summed E-state index contributed by atoms with van der Waals surface area (Å²) < 4.78 is 12.7. The molecule has 0 saturated carbocycles. The Kier molecular flexibility index (Phi) is 4.45. The quantitative estimate of drug-likeness (QED) is 0.586. The highest BCUT2D eigenvalue weighted by Crippen LogP contribution is 2.08. The van der Waals surface area contributed by atoms with E-state index in [0.717, 1.165) is 11.1 Å². The summed E-state index contributed by atoms with van der Waals surface area (Å²) in [5.74, 6) is -0.285. The van der Waals surface area contributed by atoms with Crippen LogP contribution < -0.4 is 0 Å². The van der Waals surface area contributed by atoms with E-state index in [-0.39, 0.29) is 5.82 Å². The highest BCUT2D eigenvalue weighted by molar-refractivity contribution is 5.78. The first-order valence-electron chi connectivity index (χ1n) is 5.83. The number of hydrogen-bond donors (Lipinski definition) is 0. The molecule has 0 aromatic heterocycles. The van der Waals surface area contributed by atoms with Gasteiger partial charge in [-0.2, -0.15) is 0 Å². The molecule has 0 bridgehead atoms. The lowest BCUT2D eigenvalue weighted by Gasteiger charge is -2.00. The van der Waals surface area contributed by atoms with E-state index in [1.54, 1.807) is 18.2 Å². The normalized spacial score (nSPS) is 10.6. The Balaban J connectivity index is 1.89. The van der Waals surface area contributed by atoms with Crippen molar-refractivity contribution in [3.05, 3.63) is 77.6 Å². The lowest BCUT2D eigenvalue weighted by Crippen LogP contribution is -1.89. The molecule has 0 heterocycles. The Hall–Kier alpha value is -2.42. The van der Waals surface area contributed by atoms with Gasteiger partial charge in [-0.1, -0.05) is 36.0 Å². The molecule has 0 aliphatic heterocycles. The zero-order chi connectivity index (χ0) is 13.5. The molecule has 0 N–H and O–H groups in total. The van der Waals surface area contributed by atoms with Crippen LogP contribution in [0.25, 0.3) is 6.08 Å². The molecular formula is C16H13FNO. The van der Waals surface area contributed by atoms with Gasteiger partial charge in [0.15, 0.2) is 0 Å². The van der Waals surface area contributed by atoms with E-state index in [1.807, 2.05) is 24.3 Å². The maximum atomic E-state index is 12.7. The molecule has 2 aromatic carbocycles. The topological polar surface area (TPSA) is 21.6 Å². The summed E-state index contributed by atoms with van der Waals surface area (Å²) in [6.07, 6.45) is 4.46. The maximum absolute atomic E-state index is 12.7. The lowest BCUT2D eigenvalue weighted by atomic mass is 10.1. The summed E-state index contributed by atoms with van der Waals surface area (Å²) >= 11 is 0. The summed E-state index contributed by atoms with van der Waals surface area (Å²) in [4.78, 5) is 5.14. The van der Waals surface area contributed by atoms with Crippen LogP contribution in [0.1, 0.15) is 16.7 Å². The molecule has 1 radical (unpaired) electrons. The summed E-state index contributed by atoms with van der Waals surface area (Å²) in [5.41, 5.74) is 2.70. The molecular weight excluding hydrogens is 241 g/mol. The second-order valence-electron chi connectivity index (χ2n) is 3.93. The highest BCUT2D eigenvalue weighted by Gasteiger charge is 1.94. The van der Waals surface area contributed by atoms with Gasteiger partial charge in [0.25, 0.3) is 0 Å². The van der Waals surface area contributed by atoms with Crippen LogP contribution in [0.5, 0.6) is 0 Å². The Morgan fingerprint density at radius 1 is 1.21 bits per heavy atom. The van der Waals surface area contributed by atoms with E-state index in [9.17, 15) is 4.39 Å². The Morgan fingerprint density at radius 2 is 2.00 bits per heavy atom. The van der Waals surface area contributed by atoms with Crippen molar-refractivity contribution < 1.29 is 9.23 Å². The minimum Gasteiger partial charge on any atom is -0.390 e. The third-order valence-corrected chi connectivity index (χ3v) is 2.50. The fraction of sp³-hybridized carbons (Fsp3) is 0.0625. The van der Waals surface area contributed by atoms with Crippen molar-refractivity contribution in [3.63, 3.8) is 0 Å². The standard InChI is InChI=1S/C16H13FNO/c1-2-13-4-3-5-15(10-13)12-19-18-11-14-6-8-16(17)9-7-14/h2-10H,1,12H2. The lowest BCUT2D eigenvalue weighted by molar-refractivity contribution is 0.132. The third kappa shape index (κ3) is 4.07. The largest absolute Gasteiger partial charge is 0.390 e. The van der Waals surface area contributed by atoms with Crippen molar-refractivity contribution in [3.8, 4) is 0 Å². The minimum absolute atomic E-state index is 0.285. The predicted molar refractivity (Wildman–Crippen MR) is 74.3 cm³/mol. The molecule has 0 aliphatic rings. The first-order chi connectivity index (χ1) is 9.28. The monoisotopic (exact) mass is 254 g/mol. The molecule has 0 atom stereocenters. The second-order valence-corrected chi connectivity index (χ2v) is 3.93. The molecule has 2 nitrogen and oxygen atoms in total. The van der Waals surface area contributed by atoms with Crippen molar-refractivity contribution in [1.82, 2.24) is 0 Å². The molecule has 0 unspecified atom stereocenters. The number of nitrogens with zero attached hydrogens (tertiary/aromatic N) is 1. The van der Waals surface area contributed by atoms with Gasteiger partial charge < -0.3 is 4.84 Å². The van der Waals surface area contributed by atoms with E-state index in [4.69, 9.17) is 4.84 Å². The third-order valence-electron chi connectivity index (χ3n) is 2.50. The Morgan fingerprint density at radius 3 is 2.74 bits per heavy atom. The van der Waals surface area contributed by atoms with Gasteiger partial charge in [0.2, 0.25) is 0 Å². The van der Waals surface area contributed by atoms with E-state index in [2.05, 4.69) is 17.9 Å². The molecule has 0 fully saturated rings. The van der Waals surface area contributed by atoms with Crippen LogP contribution in [-0.2, 0) is 11.4 Å². The van der Waals surface area contributed by atoms with Crippen molar-refractivity contribution in [2.45, 2.75) is 6.61 Å². The van der Waals surface area contributed by atoms with Gasteiger partial charge in [-0.3, -0.25) is 0 Å². The van der Waals surface area contributed by atoms with E-state index >= 15 is 0 Å². The first kappa shape index (κ1) is 13.0. The molecule has 0 amide bonds. The van der Waals surface area contributed by atoms with Gasteiger partial charge >= 0.3 is 0 Å². The van der Waals surface area contributed by atoms with Gasteiger partial charge in [0.1, 0.15) is 18.6 Å². The molecule has 95 valence electrons. The molecule has 3 heteroatoms. The molecule has 2 aromatic rings. The van der Waals surface area contributed by atoms with Gasteiger partial charge in [0, 0.05) is 5.56 Å². The summed E-state index contributed by atoms with van der Waals surface area (Å²) in [6.45, 7) is 4.07. The van der Waals surface area contributed by atoms with Gasteiger partial charge in [-0.05, 0) is 41.5 Å².